The molecule has 2 aromatic carbocycles. The lowest BCUT2D eigenvalue weighted by atomic mass is 10.00. The number of benzene rings is 2. The van der Waals surface area contributed by atoms with Crippen molar-refractivity contribution >= 4 is 15.7 Å². The van der Waals surface area contributed by atoms with E-state index in [9.17, 15) is 8.42 Å². The highest BCUT2D eigenvalue weighted by atomic mass is 32.2. The van der Waals surface area contributed by atoms with Crippen molar-refractivity contribution in [1.29, 1.82) is 0 Å². The zero-order valence-electron chi connectivity index (χ0n) is 13.2. The highest BCUT2D eigenvalue weighted by Crippen LogP contribution is 2.33. The second-order valence-electron chi connectivity index (χ2n) is 6.52. The Morgan fingerprint density at radius 2 is 1.78 bits per heavy atom. The van der Waals surface area contributed by atoms with E-state index in [1.165, 1.54) is 11.1 Å². The Morgan fingerprint density at radius 3 is 2.48 bits per heavy atom. The average molecular weight is 330 g/mol. The maximum absolute atomic E-state index is 11.4. The van der Waals surface area contributed by atoms with Crippen molar-refractivity contribution in [2.45, 2.75) is 31.4 Å². The van der Waals surface area contributed by atoms with E-state index in [1.54, 1.807) is 6.92 Å². The zero-order valence-corrected chi connectivity index (χ0v) is 14.0. The number of anilines is 1. The summed E-state index contributed by atoms with van der Waals surface area (Å²) >= 11 is 0. The van der Waals surface area contributed by atoms with E-state index in [-0.39, 0.29) is 0 Å². The van der Waals surface area contributed by atoms with Gasteiger partial charge in [-0.05, 0) is 66.5 Å². The van der Waals surface area contributed by atoms with Crippen LogP contribution in [0.3, 0.4) is 0 Å². The van der Waals surface area contributed by atoms with Crippen molar-refractivity contribution in [3.05, 3.63) is 53.6 Å². The molecule has 0 spiro atoms. The molecule has 0 fully saturated rings. The van der Waals surface area contributed by atoms with Crippen LogP contribution >= 0.6 is 0 Å². The quantitative estimate of drug-likeness (QED) is 0.845. The molecule has 4 nitrogen and oxygen atoms in total. The van der Waals surface area contributed by atoms with Crippen LogP contribution < -0.4 is 10.9 Å². The number of hydrogen-bond acceptors (Lipinski definition) is 3. The number of fused-ring (bicyclic) bond motifs is 1. The van der Waals surface area contributed by atoms with E-state index in [0.29, 0.717) is 12.3 Å². The summed E-state index contributed by atoms with van der Waals surface area (Å²) in [4.78, 5) is 0. The van der Waals surface area contributed by atoms with E-state index in [4.69, 9.17) is 10.9 Å². The Balaban J connectivity index is 1.79. The molecule has 122 valence electrons. The Labute approximate surface area is 137 Å². The molecular formula is C18H22N2O2S. The van der Waals surface area contributed by atoms with Crippen molar-refractivity contribution in [3.8, 4) is 11.1 Å². The largest absolute Gasteiger partial charge is 0.399 e. The molecule has 1 aliphatic rings. The molecule has 3 rings (SSSR count). The molecule has 5 heteroatoms. The lowest BCUT2D eigenvalue weighted by molar-refractivity contribution is 0.493. The van der Waals surface area contributed by atoms with Crippen molar-refractivity contribution in [3.63, 3.8) is 0 Å². The number of hydrogen-bond donors (Lipinski definition) is 2. The smallest absolute Gasteiger partial charge is 0.211 e. The predicted molar refractivity (Wildman–Crippen MR) is 94.4 cm³/mol. The third-order valence-corrected chi connectivity index (χ3v) is 5.98. The minimum atomic E-state index is -3.45. The van der Waals surface area contributed by atoms with Crippen LogP contribution in [0.2, 0.25) is 0 Å². The summed E-state index contributed by atoms with van der Waals surface area (Å²) in [6, 6.07) is 14.3. The third kappa shape index (κ3) is 3.57. The van der Waals surface area contributed by atoms with Gasteiger partial charge in [-0.15, -0.1) is 0 Å². The first-order valence-corrected chi connectivity index (χ1v) is 9.43. The Morgan fingerprint density at radius 1 is 1.09 bits per heavy atom. The molecule has 23 heavy (non-hydrogen) atoms. The average Bonchev–Trinajstić information content (AvgIpc) is 2.87. The lowest BCUT2D eigenvalue weighted by Crippen LogP contribution is -2.28. The topological polar surface area (TPSA) is 86.2 Å². The standard InChI is InChI=1S/C18H22N2O2S/c1-12(23(20,21)22)7-13-8-15-5-6-16(10-17(15)9-13)14-3-2-4-18(19)11-14/h2-6,10-13H,7-9,19H2,1H3,(H2,20,21,22). The third-order valence-electron chi connectivity index (χ3n) is 4.67. The minimum Gasteiger partial charge on any atom is -0.399 e. The molecular weight excluding hydrogens is 308 g/mol. The first-order valence-electron chi connectivity index (χ1n) is 7.82. The molecule has 2 unspecified atom stereocenters. The monoisotopic (exact) mass is 330 g/mol. The SMILES string of the molecule is CC(CC1Cc2ccc(-c3cccc(N)c3)cc2C1)S(N)(=O)=O. The van der Waals surface area contributed by atoms with Crippen LogP contribution in [0.25, 0.3) is 11.1 Å². The molecule has 0 amide bonds. The Hall–Kier alpha value is -1.85. The molecule has 4 N–H and O–H groups in total. The van der Waals surface area contributed by atoms with Crippen molar-refractivity contribution in [2.24, 2.45) is 11.1 Å². The number of nitrogen functional groups attached to an aromatic ring is 1. The molecule has 2 aromatic rings. The van der Waals surface area contributed by atoms with Gasteiger partial charge in [0.2, 0.25) is 10.0 Å². The lowest BCUT2D eigenvalue weighted by Gasteiger charge is -2.13. The number of rotatable bonds is 4. The van der Waals surface area contributed by atoms with Gasteiger partial charge in [0, 0.05) is 5.69 Å². The Kier molecular flexibility index (Phi) is 4.17. The van der Waals surface area contributed by atoms with Gasteiger partial charge in [-0.25, -0.2) is 13.6 Å². The van der Waals surface area contributed by atoms with Gasteiger partial charge in [-0.3, -0.25) is 0 Å². The molecule has 1 aliphatic carbocycles. The molecule has 0 aromatic heterocycles. The highest BCUT2D eigenvalue weighted by molar-refractivity contribution is 7.89. The van der Waals surface area contributed by atoms with E-state index in [2.05, 4.69) is 18.2 Å². The van der Waals surface area contributed by atoms with Crippen LogP contribution in [0, 0.1) is 5.92 Å². The summed E-state index contributed by atoms with van der Waals surface area (Å²) in [5.74, 6) is 0.342. The predicted octanol–water partition coefficient (Wildman–Crippen LogP) is 2.72. The van der Waals surface area contributed by atoms with Crippen LogP contribution in [0.1, 0.15) is 24.5 Å². The van der Waals surface area contributed by atoms with Gasteiger partial charge in [-0.1, -0.05) is 30.3 Å². The maximum atomic E-state index is 11.4. The van der Waals surface area contributed by atoms with Crippen molar-refractivity contribution in [1.82, 2.24) is 0 Å². The van der Waals surface area contributed by atoms with Gasteiger partial charge in [-0.2, -0.15) is 0 Å². The fraction of sp³-hybridized carbons (Fsp3) is 0.333. The first-order chi connectivity index (χ1) is 10.8. The summed E-state index contributed by atoms with van der Waals surface area (Å²) in [5, 5.41) is 4.75. The summed E-state index contributed by atoms with van der Waals surface area (Å²) < 4.78 is 22.9. The van der Waals surface area contributed by atoms with Gasteiger partial charge in [0.15, 0.2) is 0 Å². The second-order valence-corrected chi connectivity index (χ2v) is 8.50. The van der Waals surface area contributed by atoms with E-state index in [0.717, 1.165) is 29.7 Å². The fourth-order valence-electron chi connectivity index (χ4n) is 3.38. The van der Waals surface area contributed by atoms with Gasteiger partial charge in [0.25, 0.3) is 0 Å². The highest BCUT2D eigenvalue weighted by Gasteiger charge is 2.27. The first kappa shape index (κ1) is 16.0. The molecule has 0 saturated heterocycles. The number of nitrogens with two attached hydrogens (primary N) is 2. The van der Waals surface area contributed by atoms with E-state index < -0.39 is 15.3 Å². The molecule has 0 aliphatic heterocycles. The minimum absolute atomic E-state index is 0.342. The van der Waals surface area contributed by atoms with Crippen LogP contribution in [0.4, 0.5) is 5.69 Å². The maximum Gasteiger partial charge on any atom is 0.211 e. The van der Waals surface area contributed by atoms with E-state index in [1.807, 2.05) is 24.3 Å². The summed E-state index contributed by atoms with van der Waals surface area (Å²) in [6.07, 6.45) is 2.44. The number of sulfonamides is 1. The fourth-order valence-corrected chi connectivity index (χ4v) is 3.92. The van der Waals surface area contributed by atoms with Crippen LogP contribution in [0.5, 0.6) is 0 Å². The zero-order chi connectivity index (χ0) is 16.6. The van der Waals surface area contributed by atoms with E-state index >= 15 is 0 Å². The normalized spacial score (nSPS) is 18.6. The van der Waals surface area contributed by atoms with Crippen molar-refractivity contribution in [2.75, 3.05) is 5.73 Å². The van der Waals surface area contributed by atoms with Gasteiger partial charge < -0.3 is 5.73 Å². The van der Waals surface area contributed by atoms with Crippen LogP contribution in [-0.4, -0.2) is 13.7 Å². The van der Waals surface area contributed by atoms with Crippen LogP contribution in [0.15, 0.2) is 42.5 Å². The summed E-state index contributed by atoms with van der Waals surface area (Å²) in [6.45, 7) is 1.69. The Bertz CT molecular complexity index is 831. The number of primary sulfonamides is 1. The second kappa shape index (κ2) is 5.98. The van der Waals surface area contributed by atoms with Crippen molar-refractivity contribution < 1.29 is 8.42 Å². The molecule has 0 heterocycles. The van der Waals surface area contributed by atoms with Crippen LogP contribution in [-0.2, 0) is 22.9 Å². The molecule has 2 atom stereocenters. The summed E-state index contributed by atoms with van der Waals surface area (Å²) in [7, 11) is -3.45. The van der Waals surface area contributed by atoms with Gasteiger partial charge >= 0.3 is 0 Å². The van der Waals surface area contributed by atoms with Gasteiger partial charge in [0.1, 0.15) is 0 Å². The van der Waals surface area contributed by atoms with Gasteiger partial charge in [0.05, 0.1) is 5.25 Å². The summed E-state index contributed by atoms with van der Waals surface area (Å²) in [5.41, 5.74) is 11.5. The molecule has 0 saturated carbocycles. The molecule has 0 bridgehead atoms. The molecule has 0 radical (unpaired) electrons.